The maximum atomic E-state index is 12.5. The van der Waals surface area contributed by atoms with E-state index in [4.69, 9.17) is 0 Å². The summed E-state index contributed by atoms with van der Waals surface area (Å²) >= 11 is 0. The topological polar surface area (TPSA) is 91.4 Å². The minimum atomic E-state index is -3.39. The normalized spacial score (nSPS) is 14.1. The molecule has 1 amide bonds. The van der Waals surface area contributed by atoms with Gasteiger partial charge in [0.05, 0.1) is 5.75 Å². The van der Waals surface area contributed by atoms with Crippen LogP contribution in [0.2, 0.25) is 0 Å². The fourth-order valence-electron chi connectivity index (χ4n) is 3.20. The monoisotopic (exact) mass is 402 g/mol. The standard InChI is InChI=1S/C20H26N4O3S/c1-2-12-28(26,27)23-18-7-5-6-17(14-18)20(25)22-15-16-8-9-21-19(13-16)24-10-3-4-11-24/h5-9,13-14,23H,2-4,10-12,15H2,1H3,(H,22,25). The van der Waals surface area contributed by atoms with Gasteiger partial charge in [-0.2, -0.15) is 0 Å². The third-order valence-electron chi connectivity index (χ3n) is 4.56. The lowest BCUT2D eigenvalue weighted by atomic mass is 10.2. The maximum Gasteiger partial charge on any atom is 0.251 e. The van der Waals surface area contributed by atoms with Crippen LogP contribution in [0, 0.1) is 0 Å². The molecule has 7 nitrogen and oxygen atoms in total. The van der Waals surface area contributed by atoms with Crippen molar-refractivity contribution in [3.05, 3.63) is 53.7 Å². The third-order valence-corrected chi connectivity index (χ3v) is 6.06. The van der Waals surface area contributed by atoms with Gasteiger partial charge in [0.1, 0.15) is 5.82 Å². The van der Waals surface area contributed by atoms with Gasteiger partial charge in [-0.25, -0.2) is 13.4 Å². The molecule has 3 rings (SSSR count). The van der Waals surface area contributed by atoms with Crippen LogP contribution in [0.3, 0.4) is 0 Å². The molecule has 1 saturated heterocycles. The summed E-state index contributed by atoms with van der Waals surface area (Å²) in [6.07, 6.45) is 4.65. The summed E-state index contributed by atoms with van der Waals surface area (Å²) in [5.41, 5.74) is 1.77. The molecule has 0 saturated carbocycles. The van der Waals surface area contributed by atoms with Gasteiger partial charge in [0.15, 0.2) is 0 Å². The van der Waals surface area contributed by atoms with Gasteiger partial charge in [-0.05, 0) is 55.2 Å². The summed E-state index contributed by atoms with van der Waals surface area (Å²) in [6.45, 7) is 4.22. The minimum absolute atomic E-state index is 0.0464. The Morgan fingerprint density at radius 1 is 1.18 bits per heavy atom. The van der Waals surface area contributed by atoms with Gasteiger partial charge < -0.3 is 10.2 Å². The number of aromatic nitrogens is 1. The summed E-state index contributed by atoms with van der Waals surface area (Å²) in [7, 11) is -3.39. The van der Waals surface area contributed by atoms with E-state index >= 15 is 0 Å². The zero-order valence-corrected chi connectivity index (χ0v) is 16.8. The molecule has 1 aromatic heterocycles. The Kier molecular flexibility index (Phi) is 6.51. The van der Waals surface area contributed by atoms with Crippen molar-refractivity contribution in [3.63, 3.8) is 0 Å². The first-order valence-electron chi connectivity index (χ1n) is 9.55. The van der Waals surface area contributed by atoms with Gasteiger partial charge in [0.2, 0.25) is 10.0 Å². The minimum Gasteiger partial charge on any atom is -0.357 e. The van der Waals surface area contributed by atoms with E-state index in [1.807, 2.05) is 12.1 Å². The van der Waals surface area contributed by atoms with Crippen LogP contribution in [0.4, 0.5) is 11.5 Å². The Morgan fingerprint density at radius 2 is 1.96 bits per heavy atom. The van der Waals surface area contributed by atoms with Gasteiger partial charge in [-0.3, -0.25) is 9.52 Å². The van der Waals surface area contributed by atoms with Crippen LogP contribution in [0.5, 0.6) is 0 Å². The van der Waals surface area contributed by atoms with E-state index in [1.54, 1.807) is 37.4 Å². The van der Waals surface area contributed by atoms with Crippen molar-refractivity contribution < 1.29 is 13.2 Å². The number of anilines is 2. The fourth-order valence-corrected chi connectivity index (χ4v) is 4.32. The SMILES string of the molecule is CCCS(=O)(=O)Nc1cccc(C(=O)NCc2ccnc(N3CCCC3)c2)c1. The average molecular weight is 403 g/mol. The van der Waals surface area contributed by atoms with Gasteiger partial charge in [-0.15, -0.1) is 0 Å². The highest BCUT2D eigenvalue weighted by atomic mass is 32.2. The molecule has 0 unspecified atom stereocenters. The van der Waals surface area contributed by atoms with Crippen LogP contribution in [0.15, 0.2) is 42.6 Å². The number of rotatable bonds is 8. The van der Waals surface area contributed by atoms with Crippen LogP contribution in [0.1, 0.15) is 42.1 Å². The Labute approximate surface area is 166 Å². The summed E-state index contributed by atoms with van der Waals surface area (Å²) in [6, 6.07) is 10.4. The lowest BCUT2D eigenvalue weighted by Crippen LogP contribution is -2.24. The fraction of sp³-hybridized carbons (Fsp3) is 0.400. The van der Waals surface area contributed by atoms with Crippen molar-refractivity contribution in [2.45, 2.75) is 32.7 Å². The van der Waals surface area contributed by atoms with Crippen molar-refractivity contribution in [2.75, 3.05) is 28.5 Å². The molecule has 1 aliphatic rings. The molecule has 2 aromatic rings. The molecular formula is C20H26N4O3S. The molecule has 2 heterocycles. The smallest absolute Gasteiger partial charge is 0.251 e. The lowest BCUT2D eigenvalue weighted by Gasteiger charge is -2.17. The average Bonchev–Trinajstić information content (AvgIpc) is 3.21. The number of hydrogen-bond donors (Lipinski definition) is 2. The summed E-state index contributed by atoms with van der Waals surface area (Å²) in [4.78, 5) is 19.2. The Bertz CT molecular complexity index is 925. The number of carbonyl (C=O) groups excluding carboxylic acids is 1. The zero-order chi connectivity index (χ0) is 20.0. The van der Waals surface area contributed by atoms with Gasteiger partial charge in [0.25, 0.3) is 5.91 Å². The highest BCUT2D eigenvalue weighted by Crippen LogP contribution is 2.18. The first kappa shape index (κ1) is 20.1. The number of carbonyl (C=O) groups is 1. The van der Waals surface area contributed by atoms with E-state index in [0.29, 0.717) is 24.2 Å². The van der Waals surface area contributed by atoms with Crippen LogP contribution < -0.4 is 14.9 Å². The van der Waals surface area contributed by atoms with Crippen molar-refractivity contribution in [1.29, 1.82) is 0 Å². The molecule has 0 atom stereocenters. The Balaban J connectivity index is 1.62. The molecule has 1 aromatic carbocycles. The molecule has 0 radical (unpaired) electrons. The maximum absolute atomic E-state index is 12.5. The zero-order valence-electron chi connectivity index (χ0n) is 16.0. The van der Waals surface area contributed by atoms with Gasteiger partial charge >= 0.3 is 0 Å². The van der Waals surface area contributed by atoms with Crippen LogP contribution in [-0.4, -0.2) is 38.2 Å². The van der Waals surface area contributed by atoms with E-state index < -0.39 is 10.0 Å². The van der Waals surface area contributed by atoms with Crippen LogP contribution in [-0.2, 0) is 16.6 Å². The number of pyridine rings is 1. The molecule has 1 aliphatic heterocycles. The molecule has 8 heteroatoms. The lowest BCUT2D eigenvalue weighted by molar-refractivity contribution is 0.0951. The predicted octanol–water partition coefficient (Wildman–Crippen LogP) is 2.76. The van der Waals surface area contributed by atoms with E-state index in [0.717, 1.165) is 24.5 Å². The van der Waals surface area contributed by atoms with Crippen LogP contribution in [0.25, 0.3) is 0 Å². The summed E-state index contributed by atoms with van der Waals surface area (Å²) < 4.78 is 26.3. The molecule has 0 aliphatic carbocycles. The molecule has 0 bridgehead atoms. The van der Waals surface area contributed by atoms with Crippen molar-refractivity contribution >= 4 is 27.4 Å². The first-order chi connectivity index (χ1) is 13.5. The first-order valence-corrected chi connectivity index (χ1v) is 11.2. The summed E-state index contributed by atoms with van der Waals surface area (Å²) in [5.74, 6) is 0.734. The number of benzene rings is 1. The van der Waals surface area contributed by atoms with Crippen LogP contribution >= 0.6 is 0 Å². The predicted molar refractivity (Wildman–Crippen MR) is 111 cm³/mol. The molecule has 28 heavy (non-hydrogen) atoms. The van der Waals surface area contributed by atoms with E-state index in [-0.39, 0.29) is 11.7 Å². The largest absolute Gasteiger partial charge is 0.357 e. The van der Waals surface area contributed by atoms with Gasteiger partial charge in [-0.1, -0.05) is 13.0 Å². The van der Waals surface area contributed by atoms with E-state index in [2.05, 4.69) is 19.9 Å². The molecular weight excluding hydrogens is 376 g/mol. The molecule has 0 spiro atoms. The Hall–Kier alpha value is -2.61. The number of nitrogens with one attached hydrogen (secondary N) is 2. The van der Waals surface area contributed by atoms with E-state index in [9.17, 15) is 13.2 Å². The second-order valence-corrected chi connectivity index (χ2v) is 8.74. The Morgan fingerprint density at radius 3 is 2.71 bits per heavy atom. The molecule has 1 fully saturated rings. The van der Waals surface area contributed by atoms with Crippen molar-refractivity contribution in [3.8, 4) is 0 Å². The third kappa shape index (κ3) is 5.45. The quantitative estimate of drug-likeness (QED) is 0.708. The molecule has 2 N–H and O–H groups in total. The molecule has 150 valence electrons. The second-order valence-electron chi connectivity index (χ2n) is 6.90. The summed E-state index contributed by atoms with van der Waals surface area (Å²) in [5, 5.41) is 2.89. The van der Waals surface area contributed by atoms with E-state index in [1.165, 1.54) is 12.8 Å². The number of nitrogens with zero attached hydrogens (tertiary/aromatic N) is 2. The highest BCUT2D eigenvalue weighted by Gasteiger charge is 2.14. The number of sulfonamides is 1. The number of amides is 1. The number of hydrogen-bond acceptors (Lipinski definition) is 5. The second kappa shape index (κ2) is 9.05. The van der Waals surface area contributed by atoms with Gasteiger partial charge in [0, 0.05) is 37.1 Å². The van der Waals surface area contributed by atoms with Crippen molar-refractivity contribution in [2.24, 2.45) is 0 Å². The highest BCUT2D eigenvalue weighted by molar-refractivity contribution is 7.92. The van der Waals surface area contributed by atoms with Crippen molar-refractivity contribution in [1.82, 2.24) is 10.3 Å².